The van der Waals surface area contributed by atoms with Crippen molar-refractivity contribution in [3.05, 3.63) is 51.3 Å². The lowest BCUT2D eigenvalue weighted by Crippen LogP contribution is -2.38. The van der Waals surface area contributed by atoms with Crippen molar-refractivity contribution in [3.8, 4) is 0 Å². The molecule has 0 spiro atoms. The Morgan fingerprint density at radius 3 is 2.54 bits per heavy atom. The van der Waals surface area contributed by atoms with E-state index in [4.69, 9.17) is 23.2 Å². The van der Waals surface area contributed by atoms with Crippen LogP contribution < -0.4 is 0 Å². The molecule has 0 N–H and O–H groups in total. The minimum Gasteiger partial charge on any atom is -0.332 e. The van der Waals surface area contributed by atoms with Crippen molar-refractivity contribution in [3.63, 3.8) is 0 Å². The molecule has 1 aromatic heterocycles. The molecular weight excluding hydrogens is 371 g/mol. The summed E-state index contributed by atoms with van der Waals surface area (Å²) in [6.45, 7) is 6.16. The molecular formula is C19H24Cl2N4O. The number of carbonyl (C=O) groups is 1. The fraction of sp³-hybridized carbons (Fsp3) is 0.474. The minimum absolute atomic E-state index is 0.0154. The van der Waals surface area contributed by atoms with Crippen molar-refractivity contribution in [1.29, 1.82) is 0 Å². The lowest BCUT2D eigenvalue weighted by molar-refractivity contribution is 0.0716. The fourth-order valence-electron chi connectivity index (χ4n) is 3.35. The van der Waals surface area contributed by atoms with Crippen LogP contribution in [0.5, 0.6) is 0 Å². The highest BCUT2D eigenvalue weighted by molar-refractivity contribution is 6.42. The van der Waals surface area contributed by atoms with E-state index in [0.29, 0.717) is 28.8 Å². The summed E-state index contributed by atoms with van der Waals surface area (Å²) in [7, 11) is 1.80. The molecule has 1 aliphatic heterocycles. The Morgan fingerprint density at radius 2 is 1.92 bits per heavy atom. The van der Waals surface area contributed by atoms with E-state index in [1.165, 1.54) is 12.8 Å². The van der Waals surface area contributed by atoms with Gasteiger partial charge in [-0.15, -0.1) is 0 Å². The van der Waals surface area contributed by atoms with Gasteiger partial charge in [0, 0.05) is 26.7 Å². The van der Waals surface area contributed by atoms with Gasteiger partial charge in [-0.2, -0.15) is 5.10 Å². The lowest BCUT2D eigenvalue weighted by atomic mass is 10.2. The molecule has 0 saturated carbocycles. The molecule has 0 atom stereocenters. The summed E-state index contributed by atoms with van der Waals surface area (Å²) in [5, 5.41) is 5.33. The maximum absolute atomic E-state index is 13.1. The number of benzene rings is 1. The standard InChI is InChI=1S/C19H24Cl2N4O/c1-14-11-18(23(2)22-14)19(26)25(10-9-24-7-3-4-8-24)13-15-5-6-16(20)17(21)12-15/h5-6,11-12H,3-4,7-10,13H2,1-2H3. The van der Waals surface area contributed by atoms with Gasteiger partial charge in [-0.05, 0) is 56.6 Å². The summed E-state index contributed by atoms with van der Waals surface area (Å²) in [6.07, 6.45) is 2.48. The largest absolute Gasteiger partial charge is 0.332 e. The van der Waals surface area contributed by atoms with E-state index in [0.717, 1.165) is 30.9 Å². The van der Waals surface area contributed by atoms with Crippen LogP contribution in [0, 0.1) is 6.92 Å². The molecule has 0 radical (unpaired) electrons. The molecule has 2 heterocycles. The minimum atomic E-state index is -0.0154. The van der Waals surface area contributed by atoms with Crippen LogP contribution in [0.25, 0.3) is 0 Å². The summed E-state index contributed by atoms with van der Waals surface area (Å²) in [5.41, 5.74) is 2.40. The van der Waals surface area contributed by atoms with Gasteiger partial charge < -0.3 is 9.80 Å². The zero-order chi connectivity index (χ0) is 18.7. The van der Waals surface area contributed by atoms with E-state index < -0.39 is 0 Å². The molecule has 1 saturated heterocycles. The van der Waals surface area contributed by atoms with Crippen LogP contribution in [-0.4, -0.2) is 51.7 Å². The van der Waals surface area contributed by atoms with Gasteiger partial charge in [-0.25, -0.2) is 0 Å². The van der Waals surface area contributed by atoms with Crippen LogP contribution in [0.3, 0.4) is 0 Å². The van der Waals surface area contributed by atoms with Crippen LogP contribution in [0.2, 0.25) is 10.0 Å². The van der Waals surface area contributed by atoms with Crippen LogP contribution in [0.15, 0.2) is 24.3 Å². The van der Waals surface area contributed by atoms with E-state index in [9.17, 15) is 4.79 Å². The molecule has 2 aromatic rings. The number of hydrogen-bond donors (Lipinski definition) is 0. The summed E-state index contributed by atoms with van der Waals surface area (Å²) in [6, 6.07) is 7.35. The van der Waals surface area contributed by atoms with E-state index in [1.54, 1.807) is 17.8 Å². The van der Waals surface area contributed by atoms with Gasteiger partial charge in [-0.1, -0.05) is 29.3 Å². The van der Waals surface area contributed by atoms with E-state index >= 15 is 0 Å². The molecule has 0 aliphatic carbocycles. The first kappa shape index (κ1) is 19.2. The van der Waals surface area contributed by atoms with Gasteiger partial charge in [-0.3, -0.25) is 9.48 Å². The van der Waals surface area contributed by atoms with Gasteiger partial charge >= 0.3 is 0 Å². The second-order valence-corrected chi connectivity index (χ2v) is 7.63. The third-order valence-electron chi connectivity index (χ3n) is 4.75. The molecule has 3 rings (SSSR count). The Kier molecular flexibility index (Phi) is 6.22. The monoisotopic (exact) mass is 394 g/mol. The van der Waals surface area contributed by atoms with E-state index in [1.807, 2.05) is 30.0 Å². The second kappa shape index (κ2) is 8.42. The quantitative estimate of drug-likeness (QED) is 0.748. The highest BCUT2D eigenvalue weighted by atomic mass is 35.5. The maximum atomic E-state index is 13.1. The number of aromatic nitrogens is 2. The predicted octanol–water partition coefficient (Wildman–Crippen LogP) is 3.77. The van der Waals surface area contributed by atoms with E-state index in [-0.39, 0.29) is 5.91 Å². The molecule has 1 aliphatic rings. The van der Waals surface area contributed by atoms with Gasteiger partial charge in [0.25, 0.3) is 5.91 Å². The number of nitrogens with zero attached hydrogens (tertiary/aromatic N) is 4. The number of amides is 1. The lowest BCUT2D eigenvalue weighted by Gasteiger charge is -2.26. The van der Waals surface area contributed by atoms with Crippen LogP contribution in [0.1, 0.15) is 34.6 Å². The first-order valence-electron chi connectivity index (χ1n) is 8.90. The number of halogens is 2. The number of rotatable bonds is 6. The third kappa shape index (κ3) is 4.58. The normalized spacial score (nSPS) is 14.8. The summed E-state index contributed by atoms with van der Waals surface area (Å²) in [4.78, 5) is 17.4. The second-order valence-electron chi connectivity index (χ2n) is 6.82. The Bertz CT molecular complexity index is 784. The summed E-state index contributed by atoms with van der Waals surface area (Å²) in [5.74, 6) is -0.0154. The smallest absolute Gasteiger partial charge is 0.272 e. The number of likely N-dealkylation sites (tertiary alicyclic amines) is 1. The van der Waals surface area contributed by atoms with Gasteiger partial charge in [0.05, 0.1) is 15.7 Å². The Morgan fingerprint density at radius 1 is 1.19 bits per heavy atom. The van der Waals surface area contributed by atoms with Crippen molar-refractivity contribution >= 4 is 29.1 Å². The number of hydrogen-bond acceptors (Lipinski definition) is 3. The molecule has 0 unspecified atom stereocenters. The molecule has 0 bridgehead atoms. The van der Waals surface area contributed by atoms with Crippen molar-refractivity contribution < 1.29 is 4.79 Å². The topological polar surface area (TPSA) is 41.4 Å². The zero-order valence-electron chi connectivity index (χ0n) is 15.2. The first-order valence-corrected chi connectivity index (χ1v) is 9.66. The van der Waals surface area contributed by atoms with Crippen molar-refractivity contribution in [2.24, 2.45) is 7.05 Å². The Hall–Kier alpha value is -1.56. The number of aryl methyl sites for hydroxylation is 2. The molecule has 5 nitrogen and oxygen atoms in total. The fourth-order valence-corrected chi connectivity index (χ4v) is 3.67. The molecule has 7 heteroatoms. The van der Waals surface area contributed by atoms with Gasteiger partial charge in [0.2, 0.25) is 0 Å². The molecule has 140 valence electrons. The SMILES string of the molecule is Cc1cc(C(=O)N(CCN2CCCC2)Cc2ccc(Cl)c(Cl)c2)n(C)n1. The molecule has 1 aromatic carbocycles. The van der Waals surface area contributed by atoms with Crippen LogP contribution in [-0.2, 0) is 13.6 Å². The highest BCUT2D eigenvalue weighted by Crippen LogP contribution is 2.23. The molecule has 1 amide bonds. The Labute approximate surface area is 164 Å². The van der Waals surface area contributed by atoms with Crippen molar-refractivity contribution in [2.45, 2.75) is 26.3 Å². The highest BCUT2D eigenvalue weighted by Gasteiger charge is 2.22. The first-order chi connectivity index (χ1) is 12.4. The van der Waals surface area contributed by atoms with Gasteiger partial charge in [0.15, 0.2) is 0 Å². The molecule has 1 fully saturated rings. The Balaban J connectivity index is 1.78. The third-order valence-corrected chi connectivity index (χ3v) is 5.49. The summed E-state index contributed by atoms with van der Waals surface area (Å²) >= 11 is 12.2. The van der Waals surface area contributed by atoms with Crippen LogP contribution >= 0.6 is 23.2 Å². The average Bonchev–Trinajstić information content (AvgIpc) is 3.23. The summed E-state index contributed by atoms with van der Waals surface area (Å²) < 4.78 is 1.65. The van der Waals surface area contributed by atoms with Crippen LogP contribution in [0.4, 0.5) is 0 Å². The predicted molar refractivity (Wildman–Crippen MR) is 105 cm³/mol. The number of carbonyl (C=O) groups excluding carboxylic acids is 1. The van der Waals surface area contributed by atoms with Gasteiger partial charge in [0.1, 0.15) is 5.69 Å². The van der Waals surface area contributed by atoms with Crippen molar-refractivity contribution in [2.75, 3.05) is 26.2 Å². The molecule has 26 heavy (non-hydrogen) atoms. The maximum Gasteiger partial charge on any atom is 0.272 e. The van der Waals surface area contributed by atoms with Crippen molar-refractivity contribution in [1.82, 2.24) is 19.6 Å². The average molecular weight is 395 g/mol. The zero-order valence-corrected chi connectivity index (χ0v) is 16.7. The van der Waals surface area contributed by atoms with E-state index in [2.05, 4.69) is 10.00 Å².